The second-order valence-corrected chi connectivity index (χ2v) is 5.42. The predicted octanol–water partition coefficient (Wildman–Crippen LogP) is 3.04. The number of para-hydroxylation sites is 1. The van der Waals surface area contributed by atoms with E-state index in [1.165, 1.54) is 0 Å². The summed E-state index contributed by atoms with van der Waals surface area (Å²) in [4.78, 5) is 14.1. The van der Waals surface area contributed by atoms with E-state index in [0.29, 0.717) is 24.4 Å². The Morgan fingerprint density at radius 2 is 1.86 bits per heavy atom. The molecule has 0 radical (unpaired) electrons. The van der Waals surface area contributed by atoms with Crippen molar-refractivity contribution in [2.45, 2.75) is 13.8 Å². The molecule has 0 atom stereocenters. The molecule has 0 aliphatic carbocycles. The standard InChI is InChI=1S/C18H22N2O2/c1-13-8-9-15(19)12-16(13)18(21)20(3)10-11-22-17-7-5-4-6-14(17)2/h4-9,12H,10-11,19H2,1-3H3. The highest BCUT2D eigenvalue weighted by Crippen LogP contribution is 2.17. The Kier molecular flexibility index (Phi) is 5.04. The van der Waals surface area contributed by atoms with E-state index in [1.54, 1.807) is 24.1 Å². The molecule has 0 bridgehead atoms. The first kappa shape index (κ1) is 15.9. The van der Waals surface area contributed by atoms with Gasteiger partial charge in [0, 0.05) is 18.3 Å². The molecule has 4 nitrogen and oxygen atoms in total. The summed E-state index contributed by atoms with van der Waals surface area (Å²) in [6.45, 7) is 4.88. The molecule has 0 saturated heterocycles. The number of benzene rings is 2. The molecule has 1 amide bonds. The lowest BCUT2D eigenvalue weighted by atomic mass is 10.1. The third kappa shape index (κ3) is 3.79. The van der Waals surface area contributed by atoms with Gasteiger partial charge in [-0.2, -0.15) is 0 Å². The summed E-state index contributed by atoms with van der Waals surface area (Å²) >= 11 is 0. The zero-order chi connectivity index (χ0) is 16.1. The van der Waals surface area contributed by atoms with E-state index in [-0.39, 0.29) is 5.91 Å². The van der Waals surface area contributed by atoms with Crippen molar-refractivity contribution in [1.82, 2.24) is 4.90 Å². The van der Waals surface area contributed by atoms with Crippen LogP contribution in [0.5, 0.6) is 5.75 Å². The SMILES string of the molecule is Cc1ccccc1OCCN(C)C(=O)c1cc(N)ccc1C. The van der Waals surface area contributed by atoms with Crippen molar-refractivity contribution in [2.75, 3.05) is 25.9 Å². The first-order chi connectivity index (χ1) is 10.5. The maximum atomic E-state index is 12.4. The average molecular weight is 298 g/mol. The van der Waals surface area contributed by atoms with Gasteiger partial charge in [-0.3, -0.25) is 4.79 Å². The van der Waals surface area contributed by atoms with Crippen molar-refractivity contribution < 1.29 is 9.53 Å². The van der Waals surface area contributed by atoms with Crippen LogP contribution >= 0.6 is 0 Å². The number of nitrogens with two attached hydrogens (primary N) is 1. The second kappa shape index (κ2) is 6.98. The van der Waals surface area contributed by atoms with Gasteiger partial charge in [-0.05, 0) is 43.2 Å². The lowest BCUT2D eigenvalue weighted by Crippen LogP contribution is -2.31. The third-order valence-corrected chi connectivity index (χ3v) is 3.62. The summed E-state index contributed by atoms with van der Waals surface area (Å²) in [7, 11) is 1.77. The fourth-order valence-corrected chi connectivity index (χ4v) is 2.19. The van der Waals surface area contributed by atoms with Gasteiger partial charge in [0.1, 0.15) is 12.4 Å². The molecule has 2 aromatic carbocycles. The topological polar surface area (TPSA) is 55.6 Å². The molecule has 2 N–H and O–H groups in total. The smallest absolute Gasteiger partial charge is 0.254 e. The lowest BCUT2D eigenvalue weighted by molar-refractivity contribution is 0.0773. The van der Waals surface area contributed by atoms with Gasteiger partial charge in [-0.25, -0.2) is 0 Å². The first-order valence-electron chi connectivity index (χ1n) is 7.29. The highest BCUT2D eigenvalue weighted by atomic mass is 16.5. The fraction of sp³-hybridized carbons (Fsp3) is 0.278. The minimum atomic E-state index is -0.0433. The Hall–Kier alpha value is -2.49. The van der Waals surface area contributed by atoms with E-state index in [9.17, 15) is 4.79 Å². The largest absolute Gasteiger partial charge is 0.491 e. The zero-order valence-electron chi connectivity index (χ0n) is 13.3. The van der Waals surface area contributed by atoms with Gasteiger partial charge in [0.25, 0.3) is 5.91 Å². The summed E-state index contributed by atoms with van der Waals surface area (Å²) in [6, 6.07) is 13.2. The van der Waals surface area contributed by atoms with Crippen molar-refractivity contribution >= 4 is 11.6 Å². The molecule has 2 rings (SSSR count). The van der Waals surface area contributed by atoms with Gasteiger partial charge in [-0.15, -0.1) is 0 Å². The molecule has 0 saturated carbocycles. The van der Waals surface area contributed by atoms with E-state index >= 15 is 0 Å². The number of anilines is 1. The maximum Gasteiger partial charge on any atom is 0.254 e. The van der Waals surface area contributed by atoms with E-state index < -0.39 is 0 Å². The number of ether oxygens (including phenoxy) is 1. The van der Waals surface area contributed by atoms with Crippen LogP contribution in [0.15, 0.2) is 42.5 Å². The van der Waals surface area contributed by atoms with Gasteiger partial charge in [0.2, 0.25) is 0 Å². The molecule has 0 fully saturated rings. The van der Waals surface area contributed by atoms with Crippen LogP contribution in [0.3, 0.4) is 0 Å². The molecule has 0 spiro atoms. The van der Waals surface area contributed by atoms with Crippen LogP contribution in [0.4, 0.5) is 5.69 Å². The molecule has 0 unspecified atom stereocenters. The zero-order valence-corrected chi connectivity index (χ0v) is 13.3. The molecule has 22 heavy (non-hydrogen) atoms. The maximum absolute atomic E-state index is 12.4. The quantitative estimate of drug-likeness (QED) is 0.863. The molecule has 116 valence electrons. The highest BCUT2D eigenvalue weighted by molar-refractivity contribution is 5.96. The molecule has 0 aromatic heterocycles. The fourth-order valence-electron chi connectivity index (χ4n) is 2.19. The lowest BCUT2D eigenvalue weighted by Gasteiger charge is -2.19. The summed E-state index contributed by atoms with van der Waals surface area (Å²) in [5.74, 6) is 0.807. The number of nitrogens with zero attached hydrogens (tertiary/aromatic N) is 1. The molecule has 0 aliphatic rings. The van der Waals surface area contributed by atoms with Crippen LogP contribution in [0.25, 0.3) is 0 Å². The van der Waals surface area contributed by atoms with Crippen molar-refractivity contribution in [3.8, 4) is 5.75 Å². The Morgan fingerprint density at radius 3 is 2.59 bits per heavy atom. The van der Waals surface area contributed by atoms with E-state index in [2.05, 4.69) is 0 Å². The highest BCUT2D eigenvalue weighted by Gasteiger charge is 2.14. The number of rotatable bonds is 5. The van der Waals surface area contributed by atoms with Crippen molar-refractivity contribution in [1.29, 1.82) is 0 Å². The third-order valence-electron chi connectivity index (χ3n) is 3.62. The number of nitrogen functional groups attached to an aromatic ring is 1. The molecular weight excluding hydrogens is 276 g/mol. The Bertz CT molecular complexity index is 668. The molecule has 0 heterocycles. The van der Waals surface area contributed by atoms with Crippen LogP contribution in [0.2, 0.25) is 0 Å². The number of carbonyl (C=O) groups excluding carboxylic acids is 1. The van der Waals surface area contributed by atoms with Crippen LogP contribution in [0, 0.1) is 13.8 Å². The number of aryl methyl sites for hydroxylation is 2. The summed E-state index contributed by atoms with van der Waals surface area (Å²) in [6.07, 6.45) is 0. The number of hydrogen-bond acceptors (Lipinski definition) is 3. The summed E-state index contributed by atoms with van der Waals surface area (Å²) < 4.78 is 5.73. The molecule has 0 aliphatic heterocycles. The normalized spacial score (nSPS) is 10.3. The first-order valence-corrected chi connectivity index (χ1v) is 7.29. The predicted molar refractivity (Wildman–Crippen MR) is 89.2 cm³/mol. The van der Waals surface area contributed by atoms with Gasteiger partial charge < -0.3 is 15.4 Å². The summed E-state index contributed by atoms with van der Waals surface area (Å²) in [5, 5.41) is 0. The minimum absolute atomic E-state index is 0.0433. The van der Waals surface area contributed by atoms with Crippen LogP contribution in [-0.4, -0.2) is 31.0 Å². The molecule has 2 aromatic rings. The monoisotopic (exact) mass is 298 g/mol. The second-order valence-electron chi connectivity index (χ2n) is 5.42. The van der Waals surface area contributed by atoms with Gasteiger partial charge >= 0.3 is 0 Å². The summed E-state index contributed by atoms with van der Waals surface area (Å²) in [5.41, 5.74) is 9.00. The molecule has 4 heteroatoms. The van der Waals surface area contributed by atoms with Crippen molar-refractivity contribution in [3.63, 3.8) is 0 Å². The van der Waals surface area contributed by atoms with E-state index in [4.69, 9.17) is 10.5 Å². The van der Waals surface area contributed by atoms with Crippen LogP contribution in [-0.2, 0) is 0 Å². The Morgan fingerprint density at radius 1 is 1.14 bits per heavy atom. The molecular formula is C18H22N2O2. The van der Waals surface area contributed by atoms with Gasteiger partial charge in [-0.1, -0.05) is 24.3 Å². The van der Waals surface area contributed by atoms with E-state index in [1.807, 2.05) is 44.2 Å². The minimum Gasteiger partial charge on any atom is -0.491 e. The van der Waals surface area contributed by atoms with Crippen molar-refractivity contribution in [2.24, 2.45) is 0 Å². The van der Waals surface area contributed by atoms with Crippen LogP contribution < -0.4 is 10.5 Å². The van der Waals surface area contributed by atoms with Crippen molar-refractivity contribution in [3.05, 3.63) is 59.2 Å². The van der Waals surface area contributed by atoms with Crippen LogP contribution in [0.1, 0.15) is 21.5 Å². The number of likely N-dealkylation sites (N-methyl/N-ethyl adjacent to an activating group) is 1. The number of amides is 1. The number of carbonyl (C=O) groups is 1. The van der Waals surface area contributed by atoms with E-state index in [0.717, 1.165) is 16.9 Å². The average Bonchev–Trinajstić information content (AvgIpc) is 2.50. The number of hydrogen-bond donors (Lipinski definition) is 1. The Balaban J connectivity index is 1.94. The Labute approximate surface area is 131 Å². The van der Waals surface area contributed by atoms with Gasteiger partial charge in [0.15, 0.2) is 0 Å². The van der Waals surface area contributed by atoms with Gasteiger partial charge in [0.05, 0.1) is 6.54 Å².